The fourth-order valence-electron chi connectivity index (χ4n) is 2.76. The van der Waals surface area contributed by atoms with Gasteiger partial charge < -0.3 is 5.11 Å². The van der Waals surface area contributed by atoms with Crippen molar-refractivity contribution >= 4 is 0 Å². The predicted molar refractivity (Wildman–Crippen MR) is 89.9 cm³/mol. The maximum absolute atomic E-state index is 10.8. The van der Waals surface area contributed by atoms with Gasteiger partial charge in [0.2, 0.25) is 0 Å². The second-order valence-corrected chi connectivity index (χ2v) is 6.46. The van der Waals surface area contributed by atoms with E-state index >= 15 is 0 Å². The van der Waals surface area contributed by atoms with Crippen molar-refractivity contribution in [1.82, 2.24) is 0 Å². The third-order valence-corrected chi connectivity index (χ3v) is 4.18. The number of hydrogen-bond acceptors (Lipinski definition) is 1. The van der Waals surface area contributed by atoms with Crippen LogP contribution < -0.4 is 0 Å². The summed E-state index contributed by atoms with van der Waals surface area (Å²) in [5.74, 6) is 0.907. The molecule has 0 saturated carbocycles. The van der Waals surface area contributed by atoms with E-state index in [4.69, 9.17) is 0 Å². The zero-order valence-electron chi connectivity index (χ0n) is 13.7. The monoisotopic (exact) mass is 282 g/mol. The summed E-state index contributed by atoms with van der Waals surface area (Å²) in [7, 11) is 0. The first kappa shape index (κ1) is 15.8. The van der Waals surface area contributed by atoms with Gasteiger partial charge in [-0.25, -0.2) is 0 Å². The topological polar surface area (TPSA) is 20.2 Å². The molecule has 1 N–H and O–H groups in total. The Kier molecular flexibility index (Phi) is 4.84. The highest BCUT2D eigenvalue weighted by atomic mass is 16.3. The molecule has 1 unspecified atom stereocenters. The van der Waals surface area contributed by atoms with Crippen molar-refractivity contribution in [2.24, 2.45) is 0 Å². The zero-order valence-corrected chi connectivity index (χ0v) is 13.7. The summed E-state index contributed by atoms with van der Waals surface area (Å²) in [6.45, 7) is 10.8. The SMILES string of the molecule is Cc1ccccc1C(O)c1ccc(C(C)C)cc1C(C)C. The Morgan fingerprint density at radius 2 is 1.43 bits per heavy atom. The molecule has 0 bridgehead atoms. The van der Waals surface area contributed by atoms with Crippen LogP contribution in [0.25, 0.3) is 0 Å². The zero-order chi connectivity index (χ0) is 15.6. The van der Waals surface area contributed by atoms with Crippen molar-refractivity contribution in [1.29, 1.82) is 0 Å². The van der Waals surface area contributed by atoms with Crippen LogP contribution in [0.15, 0.2) is 42.5 Å². The molecule has 0 fully saturated rings. The van der Waals surface area contributed by atoms with E-state index in [-0.39, 0.29) is 0 Å². The van der Waals surface area contributed by atoms with Crippen LogP contribution in [-0.4, -0.2) is 5.11 Å². The van der Waals surface area contributed by atoms with Crippen molar-refractivity contribution in [3.05, 3.63) is 70.3 Å². The number of aliphatic hydroxyl groups is 1. The van der Waals surface area contributed by atoms with Crippen LogP contribution >= 0.6 is 0 Å². The van der Waals surface area contributed by atoms with Crippen LogP contribution in [0.5, 0.6) is 0 Å². The molecule has 0 radical (unpaired) electrons. The summed E-state index contributed by atoms with van der Waals surface area (Å²) in [5, 5.41) is 10.8. The predicted octanol–water partition coefficient (Wildman–Crippen LogP) is 5.32. The molecule has 1 heteroatoms. The fraction of sp³-hybridized carbons (Fsp3) is 0.400. The van der Waals surface area contributed by atoms with Gasteiger partial charge in [0.15, 0.2) is 0 Å². The van der Waals surface area contributed by atoms with Crippen molar-refractivity contribution in [3.8, 4) is 0 Å². The lowest BCUT2D eigenvalue weighted by molar-refractivity contribution is 0.218. The first-order valence-corrected chi connectivity index (χ1v) is 7.79. The lowest BCUT2D eigenvalue weighted by Crippen LogP contribution is -2.07. The van der Waals surface area contributed by atoms with Crippen LogP contribution in [0.1, 0.15) is 73.5 Å². The van der Waals surface area contributed by atoms with Gasteiger partial charge in [-0.05, 0) is 46.6 Å². The molecule has 0 aliphatic heterocycles. The van der Waals surface area contributed by atoms with Crippen molar-refractivity contribution in [2.75, 3.05) is 0 Å². The van der Waals surface area contributed by atoms with Gasteiger partial charge in [0, 0.05) is 0 Å². The van der Waals surface area contributed by atoms with Crippen LogP contribution in [0, 0.1) is 6.92 Å². The summed E-state index contributed by atoms with van der Waals surface area (Å²) in [4.78, 5) is 0. The quantitative estimate of drug-likeness (QED) is 0.804. The number of aryl methyl sites for hydroxylation is 1. The second kappa shape index (κ2) is 6.44. The molecule has 2 aromatic rings. The first-order chi connectivity index (χ1) is 9.91. The van der Waals surface area contributed by atoms with Gasteiger partial charge >= 0.3 is 0 Å². The molecule has 0 saturated heterocycles. The Labute approximate surface area is 128 Å². The Balaban J connectivity index is 2.50. The third kappa shape index (κ3) is 3.36. The van der Waals surface area contributed by atoms with E-state index in [0.717, 1.165) is 16.7 Å². The van der Waals surface area contributed by atoms with E-state index in [9.17, 15) is 5.11 Å². The molecular weight excluding hydrogens is 256 g/mol. The standard InChI is InChI=1S/C20H26O/c1-13(2)16-10-11-18(19(12-16)14(3)4)20(21)17-9-7-6-8-15(17)5/h6-14,20-21H,1-5H3. The summed E-state index contributed by atoms with van der Waals surface area (Å²) < 4.78 is 0. The average Bonchev–Trinajstić information content (AvgIpc) is 2.46. The molecule has 0 spiro atoms. The molecule has 2 rings (SSSR count). The molecule has 0 heterocycles. The summed E-state index contributed by atoms with van der Waals surface area (Å²) in [6, 6.07) is 14.6. The third-order valence-electron chi connectivity index (χ3n) is 4.18. The number of hydrogen-bond donors (Lipinski definition) is 1. The van der Waals surface area contributed by atoms with E-state index in [1.54, 1.807) is 0 Å². The molecule has 2 aromatic carbocycles. The van der Waals surface area contributed by atoms with E-state index in [0.29, 0.717) is 11.8 Å². The van der Waals surface area contributed by atoms with Gasteiger partial charge in [0.1, 0.15) is 6.10 Å². The van der Waals surface area contributed by atoms with Crippen LogP contribution in [0.4, 0.5) is 0 Å². The fourth-order valence-corrected chi connectivity index (χ4v) is 2.76. The van der Waals surface area contributed by atoms with Gasteiger partial charge in [-0.3, -0.25) is 0 Å². The Morgan fingerprint density at radius 1 is 0.762 bits per heavy atom. The largest absolute Gasteiger partial charge is 0.384 e. The molecular formula is C20H26O. The van der Waals surface area contributed by atoms with E-state index in [1.807, 2.05) is 18.2 Å². The van der Waals surface area contributed by atoms with Gasteiger partial charge in [-0.2, -0.15) is 0 Å². The molecule has 0 aromatic heterocycles. The lowest BCUT2D eigenvalue weighted by atomic mass is 9.87. The smallest absolute Gasteiger partial charge is 0.105 e. The maximum atomic E-state index is 10.8. The Bertz CT molecular complexity index is 611. The van der Waals surface area contributed by atoms with Crippen LogP contribution in [-0.2, 0) is 0 Å². The van der Waals surface area contributed by atoms with Gasteiger partial charge in [0.05, 0.1) is 0 Å². The van der Waals surface area contributed by atoms with E-state index < -0.39 is 6.10 Å². The number of rotatable bonds is 4. The average molecular weight is 282 g/mol. The molecule has 0 amide bonds. The first-order valence-electron chi connectivity index (χ1n) is 7.79. The maximum Gasteiger partial charge on any atom is 0.105 e. The van der Waals surface area contributed by atoms with Crippen LogP contribution in [0.2, 0.25) is 0 Å². The Morgan fingerprint density at radius 3 is 2.00 bits per heavy atom. The minimum absolute atomic E-state index is 0.400. The highest BCUT2D eigenvalue weighted by Gasteiger charge is 2.18. The van der Waals surface area contributed by atoms with Crippen molar-refractivity contribution in [3.63, 3.8) is 0 Å². The minimum atomic E-state index is -0.551. The van der Waals surface area contributed by atoms with Gasteiger partial charge in [0.25, 0.3) is 0 Å². The summed E-state index contributed by atoms with van der Waals surface area (Å²) in [5.41, 5.74) is 5.74. The Hall–Kier alpha value is -1.60. The summed E-state index contributed by atoms with van der Waals surface area (Å²) >= 11 is 0. The molecule has 112 valence electrons. The van der Waals surface area contributed by atoms with Gasteiger partial charge in [-0.1, -0.05) is 70.2 Å². The summed E-state index contributed by atoms with van der Waals surface area (Å²) in [6.07, 6.45) is -0.551. The van der Waals surface area contributed by atoms with E-state index in [2.05, 4.69) is 58.9 Å². The number of benzene rings is 2. The minimum Gasteiger partial charge on any atom is -0.384 e. The van der Waals surface area contributed by atoms with Crippen molar-refractivity contribution in [2.45, 2.75) is 52.6 Å². The molecule has 0 aliphatic carbocycles. The second-order valence-electron chi connectivity index (χ2n) is 6.46. The molecule has 21 heavy (non-hydrogen) atoms. The highest BCUT2D eigenvalue weighted by molar-refractivity contribution is 5.42. The normalized spacial score (nSPS) is 13.0. The van der Waals surface area contributed by atoms with Crippen LogP contribution in [0.3, 0.4) is 0 Å². The van der Waals surface area contributed by atoms with E-state index in [1.165, 1.54) is 11.1 Å². The highest BCUT2D eigenvalue weighted by Crippen LogP contribution is 2.32. The van der Waals surface area contributed by atoms with Gasteiger partial charge in [-0.15, -0.1) is 0 Å². The molecule has 1 nitrogen and oxygen atoms in total. The lowest BCUT2D eigenvalue weighted by Gasteiger charge is -2.21. The van der Waals surface area contributed by atoms with Crippen molar-refractivity contribution < 1.29 is 5.11 Å². The molecule has 1 atom stereocenters. The number of aliphatic hydroxyl groups excluding tert-OH is 1. The molecule has 0 aliphatic rings.